The van der Waals surface area contributed by atoms with Crippen molar-refractivity contribution in [3.05, 3.63) is 53.3 Å². The van der Waals surface area contributed by atoms with Gasteiger partial charge in [0, 0.05) is 48.1 Å². The van der Waals surface area contributed by atoms with Gasteiger partial charge in [-0.1, -0.05) is 12.0 Å². The molecule has 0 radical (unpaired) electrons. The molecule has 246 valence electrons. The van der Waals surface area contributed by atoms with Crippen molar-refractivity contribution in [3.63, 3.8) is 0 Å². The Morgan fingerprint density at radius 3 is 2.55 bits per heavy atom. The van der Waals surface area contributed by atoms with E-state index in [2.05, 4.69) is 28.0 Å². The quantitative estimate of drug-likeness (QED) is 0.227. The van der Waals surface area contributed by atoms with E-state index in [1.165, 1.54) is 24.3 Å². The van der Waals surface area contributed by atoms with Crippen LogP contribution in [0, 0.1) is 29.8 Å². The fourth-order valence-corrected chi connectivity index (χ4v) is 7.64. The Labute approximate surface area is 271 Å². The fraction of sp³-hybridized carbons (Fsp3) is 0.444. The van der Waals surface area contributed by atoms with E-state index >= 15 is 8.78 Å². The van der Waals surface area contributed by atoms with Crippen molar-refractivity contribution in [3.8, 4) is 35.2 Å². The number of aliphatic hydroxyl groups is 1. The number of halogens is 3. The lowest BCUT2D eigenvalue weighted by Gasteiger charge is -2.38. The lowest BCUT2D eigenvalue weighted by atomic mass is 9.92. The highest BCUT2D eigenvalue weighted by molar-refractivity contribution is 6.04. The largest absolute Gasteiger partial charge is 0.508 e. The summed E-state index contributed by atoms with van der Waals surface area (Å²) in [5.41, 5.74) is -2.23. The Bertz CT molecular complexity index is 1930. The molecule has 1 aromatic heterocycles. The molecule has 7 rings (SSSR count). The second-order valence-electron chi connectivity index (χ2n) is 14.1. The molecule has 4 heterocycles. The number of nitrogens with one attached hydrogen (secondary N) is 1. The molecule has 0 amide bonds. The summed E-state index contributed by atoms with van der Waals surface area (Å²) in [5, 5.41) is 25.2. The molecule has 3 aliphatic rings. The molecule has 0 aliphatic carbocycles. The number of benzene rings is 3. The standard InChI is InChI=1S/C36H38F3N5O3/c1-5-24-27(37)10-7-20-13-23(45)14-25(29(20)24)30-28(38)15-26-32(31(30)39)41-34(42-33(26)43-16-21-8-9-22(17-43)40-21)47-19-36(4)11-6-12-44(36)18-35(2,3)46/h1,7,10,13-15,21-22,40,45-46H,6,8-9,11-12,16-19H2,2-4H3/t21-,22+,36-/m1/s1. The Kier molecular flexibility index (Phi) is 7.73. The first-order valence-electron chi connectivity index (χ1n) is 16.1. The van der Waals surface area contributed by atoms with E-state index in [-0.39, 0.29) is 57.9 Å². The van der Waals surface area contributed by atoms with Crippen LogP contribution in [0.4, 0.5) is 19.0 Å². The van der Waals surface area contributed by atoms with Crippen LogP contribution in [0.15, 0.2) is 30.3 Å². The summed E-state index contributed by atoms with van der Waals surface area (Å²) < 4.78 is 54.2. The van der Waals surface area contributed by atoms with Crippen LogP contribution in [0.2, 0.25) is 0 Å². The Morgan fingerprint density at radius 1 is 1.11 bits per heavy atom. The summed E-state index contributed by atoms with van der Waals surface area (Å²) in [6.07, 6.45) is 9.40. The molecule has 11 heteroatoms. The van der Waals surface area contributed by atoms with Crippen LogP contribution >= 0.6 is 0 Å². The molecule has 8 nitrogen and oxygen atoms in total. The van der Waals surface area contributed by atoms with E-state index in [9.17, 15) is 14.6 Å². The summed E-state index contributed by atoms with van der Waals surface area (Å²) in [6, 6.07) is 6.70. The summed E-state index contributed by atoms with van der Waals surface area (Å²) in [5.74, 6) is -0.230. The number of phenols is 1. The van der Waals surface area contributed by atoms with Gasteiger partial charge in [0.15, 0.2) is 5.82 Å². The normalized spacial score (nSPS) is 23.1. The van der Waals surface area contributed by atoms with Gasteiger partial charge in [-0.2, -0.15) is 9.97 Å². The molecule has 3 fully saturated rings. The SMILES string of the molecule is C#Cc1c(F)ccc2cc(O)cc(-c3c(F)cc4c(N5C[C@H]6CC[C@@H](C5)N6)nc(OC[C@@]5(C)CCCN5CC(C)(C)O)nc4c3F)c12. The first-order valence-corrected chi connectivity index (χ1v) is 16.1. The van der Waals surface area contributed by atoms with Gasteiger partial charge in [0.25, 0.3) is 0 Å². The third-order valence-electron chi connectivity index (χ3n) is 9.82. The summed E-state index contributed by atoms with van der Waals surface area (Å²) in [4.78, 5) is 13.5. The smallest absolute Gasteiger partial charge is 0.319 e. The van der Waals surface area contributed by atoms with Crippen LogP contribution in [-0.4, -0.2) is 81.1 Å². The molecular formula is C36H38F3N5O3. The van der Waals surface area contributed by atoms with Crippen molar-refractivity contribution < 1.29 is 28.1 Å². The second kappa shape index (κ2) is 11.5. The number of hydrogen-bond acceptors (Lipinski definition) is 8. The first-order chi connectivity index (χ1) is 22.3. The van der Waals surface area contributed by atoms with Crippen LogP contribution in [-0.2, 0) is 0 Å². The van der Waals surface area contributed by atoms with E-state index < -0.39 is 34.2 Å². The average molecular weight is 646 g/mol. The fourth-order valence-electron chi connectivity index (χ4n) is 7.64. The molecule has 4 aromatic rings. The molecule has 0 unspecified atom stereocenters. The highest BCUT2D eigenvalue weighted by Gasteiger charge is 2.40. The average Bonchev–Trinajstić information content (AvgIpc) is 3.54. The maximum Gasteiger partial charge on any atom is 0.319 e. The zero-order chi connectivity index (χ0) is 33.2. The maximum atomic E-state index is 16.9. The van der Waals surface area contributed by atoms with Gasteiger partial charge in [0.05, 0.1) is 22.3 Å². The van der Waals surface area contributed by atoms with E-state index in [0.717, 1.165) is 38.3 Å². The molecule has 3 atom stereocenters. The van der Waals surface area contributed by atoms with Crippen molar-refractivity contribution in [2.45, 2.75) is 69.7 Å². The molecular weight excluding hydrogens is 607 g/mol. The molecule has 3 saturated heterocycles. The lowest BCUT2D eigenvalue weighted by molar-refractivity contribution is -0.00327. The third kappa shape index (κ3) is 5.73. The van der Waals surface area contributed by atoms with E-state index in [1.807, 2.05) is 4.90 Å². The summed E-state index contributed by atoms with van der Waals surface area (Å²) in [6.45, 7) is 8.24. The zero-order valence-electron chi connectivity index (χ0n) is 26.7. The van der Waals surface area contributed by atoms with Gasteiger partial charge in [-0.15, -0.1) is 6.42 Å². The number of terminal acetylenes is 1. The lowest BCUT2D eigenvalue weighted by Crippen LogP contribution is -2.51. The van der Waals surface area contributed by atoms with Gasteiger partial charge in [-0.3, -0.25) is 4.90 Å². The van der Waals surface area contributed by atoms with Crippen LogP contribution in [0.3, 0.4) is 0 Å². The number of β-amino-alcohol motifs (C(OH)–C–C–N with tert-alkyl or cyclic N) is 1. The van der Waals surface area contributed by atoms with Gasteiger partial charge in [0.1, 0.15) is 35.3 Å². The van der Waals surface area contributed by atoms with Crippen LogP contribution in [0.25, 0.3) is 32.8 Å². The Balaban J connectivity index is 1.38. The number of aromatic nitrogens is 2. The highest BCUT2D eigenvalue weighted by Crippen LogP contribution is 2.42. The van der Waals surface area contributed by atoms with Gasteiger partial charge in [-0.05, 0) is 82.7 Å². The number of rotatable bonds is 7. The van der Waals surface area contributed by atoms with Crippen molar-refractivity contribution in [2.24, 2.45) is 0 Å². The Morgan fingerprint density at radius 2 is 1.85 bits per heavy atom. The molecule has 0 saturated carbocycles. The minimum absolute atomic E-state index is 0.0534. The molecule has 3 N–H and O–H groups in total. The van der Waals surface area contributed by atoms with Crippen LogP contribution in [0.5, 0.6) is 11.8 Å². The highest BCUT2D eigenvalue weighted by atomic mass is 19.1. The molecule has 3 aromatic carbocycles. The number of anilines is 1. The number of fused-ring (bicyclic) bond motifs is 4. The van der Waals surface area contributed by atoms with Gasteiger partial charge in [0.2, 0.25) is 0 Å². The topological polar surface area (TPSA) is 94.0 Å². The van der Waals surface area contributed by atoms with Crippen molar-refractivity contribution >= 4 is 27.5 Å². The minimum atomic E-state index is -0.999. The summed E-state index contributed by atoms with van der Waals surface area (Å²) >= 11 is 0. The summed E-state index contributed by atoms with van der Waals surface area (Å²) in [7, 11) is 0. The van der Waals surface area contributed by atoms with Crippen molar-refractivity contribution in [1.82, 2.24) is 20.2 Å². The van der Waals surface area contributed by atoms with Gasteiger partial charge < -0.3 is 25.2 Å². The molecule has 0 spiro atoms. The number of aromatic hydroxyl groups is 1. The number of likely N-dealkylation sites (tertiary alicyclic amines) is 1. The third-order valence-corrected chi connectivity index (χ3v) is 9.82. The van der Waals surface area contributed by atoms with Crippen LogP contribution in [0.1, 0.15) is 52.0 Å². The monoisotopic (exact) mass is 645 g/mol. The second-order valence-corrected chi connectivity index (χ2v) is 14.1. The predicted octanol–water partition coefficient (Wildman–Crippen LogP) is 5.50. The molecule has 3 aliphatic heterocycles. The molecule has 47 heavy (non-hydrogen) atoms. The zero-order valence-corrected chi connectivity index (χ0v) is 26.7. The maximum absolute atomic E-state index is 16.9. The van der Waals surface area contributed by atoms with E-state index in [0.29, 0.717) is 30.8 Å². The Hall–Kier alpha value is -4.11. The van der Waals surface area contributed by atoms with Crippen molar-refractivity contribution in [2.75, 3.05) is 37.7 Å². The number of ether oxygens (including phenoxy) is 1. The number of phenolic OH excluding ortho intramolecular Hbond substituents is 1. The van der Waals surface area contributed by atoms with E-state index in [1.54, 1.807) is 13.8 Å². The van der Waals surface area contributed by atoms with Crippen LogP contribution < -0.4 is 15.0 Å². The number of hydrogen-bond donors (Lipinski definition) is 3. The first kappa shape index (κ1) is 31.5. The van der Waals surface area contributed by atoms with Crippen molar-refractivity contribution in [1.29, 1.82) is 0 Å². The van der Waals surface area contributed by atoms with Gasteiger partial charge >= 0.3 is 6.01 Å². The predicted molar refractivity (Wildman–Crippen MR) is 175 cm³/mol. The number of nitrogens with zero attached hydrogens (tertiary/aromatic N) is 4. The molecule has 2 bridgehead atoms. The van der Waals surface area contributed by atoms with Gasteiger partial charge in [-0.25, -0.2) is 13.2 Å². The number of piperazine rings is 1. The minimum Gasteiger partial charge on any atom is -0.508 e. The van der Waals surface area contributed by atoms with E-state index in [4.69, 9.17) is 16.1 Å².